The molecule has 0 spiro atoms. The number of imidazole rings is 1. The lowest BCUT2D eigenvalue weighted by atomic mass is 10.2. The molecule has 0 aliphatic carbocycles. The number of benzene rings is 2. The van der Waals surface area contributed by atoms with Gasteiger partial charge in [-0.3, -0.25) is 0 Å². The number of fused-ring (bicyclic) bond motifs is 1. The van der Waals surface area contributed by atoms with Gasteiger partial charge in [0.25, 0.3) is 5.89 Å². The maximum atomic E-state index is 5.43. The molecule has 0 amide bonds. The van der Waals surface area contributed by atoms with E-state index in [9.17, 15) is 0 Å². The molecule has 120 valence electrons. The predicted molar refractivity (Wildman–Crippen MR) is 90.7 cm³/mol. The van der Waals surface area contributed by atoms with Crippen LogP contribution in [-0.2, 0) is 6.54 Å². The third kappa shape index (κ3) is 2.32. The van der Waals surface area contributed by atoms with E-state index in [0.29, 0.717) is 17.5 Å². The van der Waals surface area contributed by atoms with Crippen molar-refractivity contribution in [2.75, 3.05) is 7.11 Å². The van der Waals surface area contributed by atoms with Gasteiger partial charge in [-0.1, -0.05) is 17.3 Å². The first-order chi connectivity index (χ1) is 11.8. The third-order valence-corrected chi connectivity index (χ3v) is 3.98. The van der Waals surface area contributed by atoms with Crippen molar-refractivity contribution in [3.8, 4) is 28.6 Å². The van der Waals surface area contributed by atoms with E-state index < -0.39 is 0 Å². The van der Waals surface area contributed by atoms with Crippen molar-refractivity contribution in [2.24, 2.45) is 0 Å². The van der Waals surface area contributed by atoms with E-state index in [1.54, 1.807) is 7.11 Å². The zero-order valence-electron chi connectivity index (χ0n) is 13.4. The average molecular weight is 320 g/mol. The number of ether oxygens (including phenoxy) is 1. The molecule has 0 saturated heterocycles. The molecular weight excluding hydrogens is 304 g/mol. The molecule has 0 bridgehead atoms. The van der Waals surface area contributed by atoms with Gasteiger partial charge in [0.2, 0.25) is 5.82 Å². The number of para-hydroxylation sites is 1. The fraction of sp³-hybridized carbons (Fsp3) is 0.167. The Morgan fingerprint density at radius 3 is 2.88 bits per heavy atom. The third-order valence-electron chi connectivity index (χ3n) is 3.98. The summed E-state index contributed by atoms with van der Waals surface area (Å²) in [5.74, 6) is 1.68. The van der Waals surface area contributed by atoms with Crippen molar-refractivity contribution in [1.29, 1.82) is 0 Å². The van der Waals surface area contributed by atoms with E-state index in [1.165, 1.54) is 0 Å². The molecule has 6 nitrogen and oxygen atoms in total. The number of nitrogens with zero attached hydrogens (tertiary/aromatic N) is 4. The lowest BCUT2D eigenvalue weighted by Crippen LogP contribution is -1.91. The summed E-state index contributed by atoms with van der Waals surface area (Å²) in [6, 6.07) is 13.5. The molecule has 6 heteroatoms. The van der Waals surface area contributed by atoms with Crippen molar-refractivity contribution in [2.45, 2.75) is 13.5 Å². The topological polar surface area (TPSA) is 66.0 Å². The molecule has 0 aliphatic rings. The quantitative estimate of drug-likeness (QED) is 0.572. The molecular formula is C18H16N4O2. The molecule has 2 aromatic heterocycles. The van der Waals surface area contributed by atoms with E-state index in [0.717, 1.165) is 28.7 Å². The summed E-state index contributed by atoms with van der Waals surface area (Å²) >= 11 is 0. The van der Waals surface area contributed by atoms with Gasteiger partial charge in [-0.2, -0.15) is 4.98 Å². The minimum atomic E-state index is 0.437. The Morgan fingerprint density at radius 1 is 1.17 bits per heavy atom. The molecule has 0 atom stereocenters. The van der Waals surface area contributed by atoms with Crippen LogP contribution in [0, 0.1) is 0 Å². The molecule has 2 aromatic carbocycles. The predicted octanol–water partition coefficient (Wildman–Crippen LogP) is 3.78. The van der Waals surface area contributed by atoms with Crippen molar-refractivity contribution < 1.29 is 9.26 Å². The number of hydrogen-bond acceptors (Lipinski definition) is 5. The summed E-state index contributed by atoms with van der Waals surface area (Å²) in [5.41, 5.74) is 3.67. The highest BCUT2D eigenvalue weighted by Gasteiger charge is 2.15. The Kier molecular flexibility index (Phi) is 3.49. The van der Waals surface area contributed by atoms with Crippen molar-refractivity contribution in [1.82, 2.24) is 19.7 Å². The number of rotatable bonds is 4. The summed E-state index contributed by atoms with van der Waals surface area (Å²) in [4.78, 5) is 8.90. The van der Waals surface area contributed by atoms with Gasteiger partial charge in [-0.15, -0.1) is 0 Å². The molecule has 0 unspecified atom stereocenters. The van der Waals surface area contributed by atoms with Gasteiger partial charge in [-0.25, -0.2) is 4.98 Å². The van der Waals surface area contributed by atoms with E-state index >= 15 is 0 Å². The maximum Gasteiger partial charge on any atom is 0.262 e. The summed E-state index contributed by atoms with van der Waals surface area (Å²) in [7, 11) is 1.62. The van der Waals surface area contributed by atoms with Crippen molar-refractivity contribution in [3.63, 3.8) is 0 Å². The highest BCUT2D eigenvalue weighted by Crippen LogP contribution is 2.30. The Hall–Kier alpha value is -3.15. The molecule has 0 fully saturated rings. The fourth-order valence-electron chi connectivity index (χ4n) is 2.72. The SMILES string of the molecule is CCn1cnc2ccc(-c3noc(-c4ccccc4OC)n3)cc21. The minimum absolute atomic E-state index is 0.437. The van der Waals surface area contributed by atoms with E-state index in [1.807, 2.05) is 48.8 Å². The van der Waals surface area contributed by atoms with E-state index in [4.69, 9.17) is 9.26 Å². The first-order valence-electron chi connectivity index (χ1n) is 7.72. The van der Waals surface area contributed by atoms with Crippen LogP contribution in [0.5, 0.6) is 5.75 Å². The van der Waals surface area contributed by atoms with Gasteiger partial charge in [0.05, 0.1) is 30.0 Å². The Balaban J connectivity index is 1.77. The zero-order valence-corrected chi connectivity index (χ0v) is 13.4. The van der Waals surface area contributed by atoms with Gasteiger partial charge >= 0.3 is 0 Å². The van der Waals surface area contributed by atoms with Gasteiger partial charge in [-0.05, 0) is 37.3 Å². The van der Waals surface area contributed by atoms with Crippen LogP contribution in [-0.4, -0.2) is 26.8 Å². The minimum Gasteiger partial charge on any atom is -0.496 e. The van der Waals surface area contributed by atoms with Gasteiger partial charge < -0.3 is 13.8 Å². The molecule has 0 aliphatic heterocycles. The lowest BCUT2D eigenvalue weighted by molar-refractivity contribution is 0.405. The van der Waals surface area contributed by atoms with Crippen molar-refractivity contribution >= 4 is 11.0 Å². The molecule has 0 N–H and O–H groups in total. The highest BCUT2D eigenvalue weighted by molar-refractivity contribution is 5.81. The van der Waals surface area contributed by atoms with Crippen molar-refractivity contribution in [3.05, 3.63) is 48.8 Å². The molecule has 2 heterocycles. The second-order valence-corrected chi connectivity index (χ2v) is 5.36. The number of aromatic nitrogens is 4. The van der Waals surface area contributed by atoms with E-state index in [2.05, 4.69) is 26.6 Å². The molecule has 4 rings (SSSR count). The van der Waals surface area contributed by atoms with Gasteiger partial charge in [0, 0.05) is 12.1 Å². The standard InChI is InChI=1S/C18H16N4O2/c1-3-22-11-19-14-9-8-12(10-15(14)22)17-20-18(24-21-17)13-6-4-5-7-16(13)23-2/h4-11H,3H2,1-2H3. The van der Waals surface area contributed by atoms with Crippen LogP contribution in [0.25, 0.3) is 33.9 Å². The van der Waals surface area contributed by atoms with Crippen LogP contribution in [0.1, 0.15) is 6.92 Å². The molecule has 0 radical (unpaired) electrons. The average Bonchev–Trinajstić information content (AvgIpc) is 3.28. The summed E-state index contributed by atoms with van der Waals surface area (Å²) in [6.07, 6.45) is 1.84. The maximum absolute atomic E-state index is 5.43. The Morgan fingerprint density at radius 2 is 2.04 bits per heavy atom. The summed E-state index contributed by atoms with van der Waals surface area (Å²) in [6.45, 7) is 2.95. The smallest absolute Gasteiger partial charge is 0.262 e. The number of aryl methyl sites for hydroxylation is 1. The second-order valence-electron chi connectivity index (χ2n) is 5.36. The van der Waals surface area contributed by atoms with Gasteiger partial charge in [0.1, 0.15) is 5.75 Å². The lowest BCUT2D eigenvalue weighted by Gasteiger charge is -2.02. The Bertz CT molecular complexity index is 1000. The number of hydrogen-bond donors (Lipinski definition) is 0. The summed E-state index contributed by atoms with van der Waals surface area (Å²) in [5, 5.41) is 4.11. The largest absolute Gasteiger partial charge is 0.496 e. The Labute approximate surface area is 138 Å². The first kappa shape index (κ1) is 14.4. The zero-order chi connectivity index (χ0) is 16.5. The van der Waals surface area contributed by atoms with Crippen LogP contribution in [0.15, 0.2) is 53.3 Å². The van der Waals surface area contributed by atoms with E-state index in [-0.39, 0.29) is 0 Å². The second kappa shape index (κ2) is 5.81. The molecule has 4 aromatic rings. The first-order valence-corrected chi connectivity index (χ1v) is 7.72. The van der Waals surface area contributed by atoms with Crippen LogP contribution < -0.4 is 4.74 Å². The van der Waals surface area contributed by atoms with Crippen LogP contribution in [0.3, 0.4) is 0 Å². The highest BCUT2D eigenvalue weighted by atomic mass is 16.5. The molecule has 0 saturated carbocycles. The van der Waals surface area contributed by atoms with Crippen LogP contribution in [0.4, 0.5) is 0 Å². The van der Waals surface area contributed by atoms with Gasteiger partial charge in [0.15, 0.2) is 0 Å². The molecule has 24 heavy (non-hydrogen) atoms. The summed E-state index contributed by atoms with van der Waals surface area (Å²) < 4.78 is 12.9. The fourth-order valence-corrected chi connectivity index (χ4v) is 2.72. The monoisotopic (exact) mass is 320 g/mol. The van der Waals surface area contributed by atoms with Crippen LogP contribution in [0.2, 0.25) is 0 Å². The normalized spacial score (nSPS) is 11.1. The van der Waals surface area contributed by atoms with Crippen LogP contribution >= 0.6 is 0 Å². The number of methoxy groups -OCH3 is 1.